The average molecular weight is 253 g/mol. The van der Waals surface area contributed by atoms with Gasteiger partial charge in [0.1, 0.15) is 0 Å². The smallest absolute Gasteiger partial charge is 0.0223 e. The molecule has 1 aliphatic carbocycles. The molecule has 0 aromatic heterocycles. The van der Waals surface area contributed by atoms with Gasteiger partial charge in [-0.05, 0) is 72.6 Å². The van der Waals surface area contributed by atoms with Crippen molar-refractivity contribution in [1.82, 2.24) is 15.1 Å². The lowest BCUT2D eigenvalue weighted by atomic mass is 10.0. The SMILES string of the molecule is CC(CCCNC1CC1)N(C)C1CCCN(C)C1. The third kappa shape index (κ3) is 4.52. The van der Waals surface area contributed by atoms with Crippen LogP contribution in [0, 0.1) is 0 Å². The second kappa shape index (κ2) is 6.88. The number of nitrogens with zero attached hydrogens (tertiary/aromatic N) is 2. The van der Waals surface area contributed by atoms with Gasteiger partial charge in [-0.25, -0.2) is 0 Å². The van der Waals surface area contributed by atoms with E-state index in [0.717, 1.165) is 18.1 Å². The van der Waals surface area contributed by atoms with Crippen molar-refractivity contribution in [1.29, 1.82) is 0 Å². The van der Waals surface area contributed by atoms with Gasteiger partial charge in [-0.15, -0.1) is 0 Å². The van der Waals surface area contributed by atoms with Crippen molar-refractivity contribution >= 4 is 0 Å². The quantitative estimate of drug-likeness (QED) is 0.700. The van der Waals surface area contributed by atoms with Crippen molar-refractivity contribution in [3.05, 3.63) is 0 Å². The molecule has 0 amide bonds. The Balaban J connectivity index is 1.61. The molecule has 1 saturated heterocycles. The lowest BCUT2D eigenvalue weighted by Gasteiger charge is -2.39. The minimum absolute atomic E-state index is 0.725. The van der Waals surface area contributed by atoms with Gasteiger partial charge in [-0.2, -0.15) is 0 Å². The normalized spacial score (nSPS) is 27.7. The van der Waals surface area contributed by atoms with Crippen molar-refractivity contribution in [2.24, 2.45) is 0 Å². The Hall–Kier alpha value is -0.120. The fourth-order valence-corrected chi connectivity index (χ4v) is 3.03. The first-order valence-corrected chi connectivity index (χ1v) is 7.80. The van der Waals surface area contributed by atoms with Gasteiger partial charge in [0.05, 0.1) is 0 Å². The van der Waals surface area contributed by atoms with Gasteiger partial charge >= 0.3 is 0 Å². The van der Waals surface area contributed by atoms with E-state index >= 15 is 0 Å². The summed E-state index contributed by atoms with van der Waals surface area (Å²) in [5.74, 6) is 0. The highest BCUT2D eigenvalue weighted by molar-refractivity contribution is 4.82. The Bertz CT molecular complexity index is 240. The van der Waals surface area contributed by atoms with E-state index < -0.39 is 0 Å². The minimum atomic E-state index is 0.725. The fraction of sp³-hybridized carbons (Fsp3) is 1.00. The third-order valence-corrected chi connectivity index (χ3v) is 4.68. The number of piperidine rings is 1. The number of nitrogens with one attached hydrogen (secondary N) is 1. The second-order valence-corrected chi connectivity index (χ2v) is 6.44. The van der Waals surface area contributed by atoms with Gasteiger partial charge in [0.15, 0.2) is 0 Å². The molecule has 0 aromatic rings. The van der Waals surface area contributed by atoms with Gasteiger partial charge in [-0.1, -0.05) is 0 Å². The summed E-state index contributed by atoms with van der Waals surface area (Å²) in [6.45, 7) is 6.14. The molecule has 1 saturated carbocycles. The van der Waals surface area contributed by atoms with Crippen LogP contribution in [0.1, 0.15) is 45.4 Å². The molecule has 3 heteroatoms. The lowest BCUT2D eigenvalue weighted by Crippen LogP contribution is -2.48. The molecule has 18 heavy (non-hydrogen) atoms. The number of hydrogen-bond acceptors (Lipinski definition) is 3. The number of hydrogen-bond donors (Lipinski definition) is 1. The van der Waals surface area contributed by atoms with E-state index in [4.69, 9.17) is 0 Å². The molecular formula is C15H31N3. The molecule has 1 N–H and O–H groups in total. The van der Waals surface area contributed by atoms with Crippen LogP contribution >= 0.6 is 0 Å². The molecule has 2 rings (SSSR count). The summed E-state index contributed by atoms with van der Waals surface area (Å²) in [5.41, 5.74) is 0. The Morgan fingerprint density at radius 2 is 2.11 bits per heavy atom. The van der Waals surface area contributed by atoms with Crippen molar-refractivity contribution in [2.75, 3.05) is 33.7 Å². The molecule has 1 aliphatic heterocycles. The van der Waals surface area contributed by atoms with Gasteiger partial charge in [0.2, 0.25) is 0 Å². The van der Waals surface area contributed by atoms with Crippen LogP contribution in [-0.4, -0.2) is 61.7 Å². The molecule has 0 spiro atoms. The molecule has 106 valence electrons. The number of likely N-dealkylation sites (tertiary alicyclic amines) is 1. The van der Waals surface area contributed by atoms with Gasteiger partial charge in [0, 0.05) is 24.7 Å². The van der Waals surface area contributed by atoms with Gasteiger partial charge in [0.25, 0.3) is 0 Å². The van der Waals surface area contributed by atoms with E-state index in [0.29, 0.717) is 0 Å². The van der Waals surface area contributed by atoms with E-state index in [9.17, 15) is 0 Å². The standard InChI is InChI=1S/C15H31N3/c1-13(6-4-10-16-14-8-9-14)18(3)15-7-5-11-17(2)12-15/h13-16H,4-12H2,1-3H3. The topological polar surface area (TPSA) is 18.5 Å². The first-order valence-electron chi connectivity index (χ1n) is 7.80. The minimum Gasteiger partial charge on any atom is -0.314 e. The first kappa shape index (κ1) is 14.3. The van der Waals surface area contributed by atoms with Gasteiger partial charge in [-0.3, -0.25) is 4.90 Å². The lowest BCUT2D eigenvalue weighted by molar-refractivity contribution is 0.100. The molecule has 2 unspecified atom stereocenters. The molecule has 1 heterocycles. The summed E-state index contributed by atoms with van der Waals surface area (Å²) in [6.07, 6.45) is 8.21. The zero-order chi connectivity index (χ0) is 13.0. The van der Waals surface area contributed by atoms with Crippen LogP contribution < -0.4 is 5.32 Å². The van der Waals surface area contributed by atoms with E-state index in [-0.39, 0.29) is 0 Å². The van der Waals surface area contributed by atoms with Gasteiger partial charge < -0.3 is 10.2 Å². The molecular weight excluding hydrogens is 222 g/mol. The summed E-state index contributed by atoms with van der Waals surface area (Å²) in [7, 11) is 4.58. The van der Waals surface area contributed by atoms with Crippen molar-refractivity contribution in [3.8, 4) is 0 Å². The molecule has 3 nitrogen and oxygen atoms in total. The van der Waals surface area contributed by atoms with E-state index in [2.05, 4.69) is 36.1 Å². The molecule has 2 atom stereocenters. The highest BCUT2D eigenvalue weighted by Crippen LogP contribution is 2.19. The van der Waals surface area contributed by atoms with Crippen LogP contribution in [0.3, 0.4) is 0 Å². The molecule has 0 bridgehead atoms. The fourth-order valence-electron chi connectivity index (χ4n) is 3.03. The largest absolute Gasteiger partial charge is 0.314 e. The zero-order valence-corrected chi connectivity index (χ0v) is 12.5. The summed E-state index contributed by atoms with van der Waals surface area (Å²) >= 11 is 0. The van der Waals surface area contributed by atoms with Crippen molar-refractivity contribution in [2.45, 2.75) is 63.6 Å². The van der Waals surface area contributed by atoms with Crippen LogP contribution in [0.5, 0.6) is 0 Å². The predicted octanol–water partition coefficient (Wildman–Crippen LogP) is 1.93. The Morgan fingerprint density at radius 3 is 2.78 bits per heavy atom. The molecule has 2 fully saturated rings. The summed E-state index contributed by atoms with van der Waals surface area (Å²) in [6, 6.07) is 2.36. The maximum absolute atomic E-state index is 3.61. The van der Waals surface area contributed by atoms with Crippen molar-refractivity contribution < 1.29 is 0 Å². The highest BCUT2D eigenvalue weighted by atomic mass is 15.2. The monoisotopic (exact) mass is 253 g/mol. The van der Waals surface area contributed by atoms with E-state index in [1.807, 2.05) is 0 Å². The first-order chi connectivity index (χ1) is 8.66. The van der Waals surface area contributed by atoms with Crippen LogP contribution in [0.25, 0.3) is 0 Å². The summed E-state index contributed by atoms with van der Waals surface area (Å²) < 4.78 is 0. The van der Waals surface area contributed by atoms with Crippen molar-refractivity contribution in [3.63, 3.8) is 0 Å². The van der Waals surface area contributed by atoms with E-state index in [1.54, 1.807) is 0 Å². The van der Waals surface area contributed by atoms with Crippen LogP contribution in [0.2, 0.25) is 0 Å². The second-order valence-electron chi connectivity index (χ2n) is 6.44. The van der Waals surface area contributed by atoms with Crippen LogP contribution in [-0.2, 0) is 0 Å². The Labute approximate surface area is 113 Å². The number of rotatable bonds is 7. The molecule has 2 aliphatic rings. The highest BCUT2D eigenvalue weighted by Gasteiger charge is 2.24. The summed E-state index contributed by atoms with van der Waals surface area (Å²) in [5, 5.41) is 3.61. The molecule has 0 aromatic carbocycles. The Morgan fingerprint density at radius 1 is 1.33 bits per heavy atom. The molecule has 0 radical (unpaired) electrons. The van der Waals surface area contributed by atoms with E-state index in [1.165, 1.54) is 58.2 Å². The maximum Gasteiger partial charge on any atom is 0.0223 e. The third-order valence-electron chi connectivity index (χ3n) is 4.68. The van der Waals surface area contributed by atoms with Crippen LogP contribution in [0.15, 0.2) is 0 Å². The number of likely N-dealkylation sites (N-methyl/N-ethyl adjacent to an activating group) is 2. The average Bonchev–Trinajstić information content (AvgIpc) is 3.17. The summed E-state index contributed by atoms with van der Waals surface area (Å²) in [4.78, 5) is 5.10. The zero-order valence-electron chi connectivity index (χ0n) is 12.5. The predicted molar refractivity (Wildman–Crippen MR) is 78.0 cm³/mol. The Kier molecular flexibility index (Phi) is 5.46. The maximum atomic E-state index is 3.61. The van der Waals surface area contributed by atoms with Crippen LogP contribution in [0.4, 0.5) is 0 Å².